The van der Waals surface area contributed by atoms with E-state index in [4.69, 9.17) is 0 Å². The molecule has 0 N–H and O–H groups in total. The van der Waals surface area contributed by atoms with Crippen LogP contribution < -0.4 is 0 Å². The summed E-state index contributed by atoms with van der Waals surface area (Å²) in [6.45, 7) is 0. The number of benzene rings is 3. The second kappa shape index (κ2) is 11.3. The van der Waals surface area contributed by atoms with E-state index in [0.29, 0.717) is 18.6 Å². The molecule has 4 rings (SSSR count). The van der Waals surface area contributed by atoms with Gasteiger partial charge in [-0.15, -0.1) is 23.5 Å². The lowest BCUT2D eigenvalue weighted by atomic mass is 9.83. The summed E-state index contributed by atoms with van der Waals surface area (Å²) in [4.78, 5) is 12.6. The van der Waals surface area contributed by atoms with Gasteiger partial charge in [0.1, 0.15) is 17.4 Å². The Balaban J connectivity index is 1.54. The number of carbonyl (C=O) groups excluding carboxylic acids is 1. The van der Waals surface area contributed by atoms with Crippen LogP contribution in [0.5, 0.6) is 0 Å². The van der Waals surface area contributed by atoms with Gasteiger partial charge in [0.05, 0.1) is 0 Å². The van der Waals surface area contributed by atoms with Crippen LogP contribution in [0.15, 0.2) is 78.9 Å². The first-order chi connectivity index (χ1) is 16.0. The largest absolute Gasteiger partial charge is 0.300 e. The molecule has 3 aromatic rings. The van der Waals surface area contributed by atoms with Gasteiger partial charge in [0.15, 0.2) is 0 Å². The van der Waals surface area contributed by atoms with E-state index in [2.05, 4.69) is 24.3 Å². The quantitative estimate of drug-likeness (QED) is 0.306. The minimum Gasteiger partial charge on any atom is -0.300 e. The third-order valence-electron chi connectivity index (χ3n) is 6.16. The summed E-state index contributed by atoms with van der Waals surface area (Å²) in [5.74, 6) is 1.43. The Hall–Kier alpha value is -2.11. The van der Waals surface area contributed by atoms with E-state index in [9.17, 15) is 13.6 Å². The fourth-order valence-electron chi connectivity index (χ4n) is 4.37. The highest BCUT2D eigenvalue weighted by molar-refractivity contribution is 8.00. The summed E-state index contributed by atoms with van der Waals surface area (Å²) >= 11 is 3.70. The van der Waals surface area contributed by atoms with E-state index in [1.807, 2.05) is 53.9 Å². The van der Waals surface area contributed by atoms with Gasteiger partial charge < -0.3 is 0 Å². The molecule has 1 nitrogen and oxygen atoms in total. The van der Waals surface area contributed by atoms with Gasteiger partial charge in [0.2, 0.25) is 0 Å². The second-order valence-corrected chi connectivity index (χ2v) is 11.3. The maximum atomic E-state index is 13.3. The van der Waals surface area contributed by atoms with Crippen molar-refractivity contribution >= 4 is 29.3 Å². The molecule has 1 aliphatic carbocycles. The maximum absolute atomic E-state index is 13.3. The van der Waals surface area contributed by atoms with Gasteiger partial charge >= 0.3 is 0 Å². The number of hydrogen-bond donors (Lipinski definition) is 0. The molecule has 0 aliphatic heterocycles. The number of carbonyl (C=O) groups is 1. The summed E-state index contributed by atoms with van der Waals surface area (Å²) in [6.07, 6.45) is 4.06. The number of rotatable bonds is 9. The number of Topliss-reactive ketones (excluding diaryl/α,β-unsaturated/α-hetero) is 1. The predicted molar refractivity (Wildman–Crippen MR) is 135 cm³/mol. The smallest absolute Gasteiger partial charge is 0.134 e. The van der Waals surface area contributed by atoms with Crippen LogP contribution in [0.4, 0.5) is 8.78 Å². The normalized spacial score (nSPS) is 19.4. The first-order valence-electron chi connectivity index (χ1n) is 11.3. The van der Waals surface area contributed by atoms with E-state index >= 15 is 0 Å². The SMILES string of the molecule is O=C1CCC[C@](C[C@@H](SCc2ccc(F)cc2)c2ccccc2)(SCc2ccc(F)cc2)C1. The van der Waals surface area contributed by atoms with E-state index in [-0.39, 0.29) is 21.6 Å². The third-order valence-corrected chi connectivity index (χ3v) is 9.11. The molecule has 1 aliphatic rings. The van der Waals surface area contributed by atoms with Crippen molar-refractivity contribution in [2.45, 2.75) is 53.6 Å². The molecule has 0 heterocycles. The van der Waals surface area contributed by atoms with E-state index in [1.165, 1.54) is 29.8 Å². The molecule has 2 atom stereocenters. The van der Waals surface area contributed by atoms with Crippen LogP contribution in [-0.4, -0.2) is 10.5 Å². The number of ketones is 1. The Morgan fingerprint density at radius 1 is 0.818 bits per heavy atom. The number of hydrogen-bond acceptors (Lipinski definition) is 3. The van der Waals surface area contributed by atoms with Crippen molar-refractivity contribution in [1.29, 1.82) is 0 Å². The van der Waals surface area contributed by atoms with Crippen LogP contribution in [0.25, 0.3) is 0 Å². The van der Waals surface area contributed by atoms with Crippen LogP contribution in [-0.2, 0) is 16.3 Å². The Morgan fingerprint density at radius 3 is 2.03 bits per heavy atom. The molecule has 0 aromatic heterocycles. The molecule has 0 spiro atoms. The van der Waals surface area contributed by atoms with Gasteiger partial charge in [-0.2, -0.15) is 0 Å². The van der Waals surface area contributed by atoms with Crippen molar-refractivity contribution < 1.29 is 13.6 Å². The summed E-state index contributed by atoms with van der Waals surface area (Å²) in [5, 5.41) is 0.225. The monoisotopic (exact) mass is 482 g/mol. The molecule has 172 valence electrons. The molecule has 0 amide bonds. The molecule has 1 fully saturated rings. The molecular weight excluding hydrogens is 454 g/mol. The predicted octanol–water partition coefficient (Wildman–Crippen LogP) is 8.14. The Morgan fingerprint density at radius 2 is 1.42 bits per heavy atom. The summed E-state index contributed by atoms with van der Waals surface area (Å²) in [6, 6.07) is 23.8. The van der Waals surface area contributed by atoms with E-state index < -0.39 is 0 Å². The number of halogens is 2. The molecule has 3 aromatic carbocycles. The molecule has 0 radical (unpaired) electrons. The molecule has 0 bridgehead atoms. The van der Waals surface area contributed by atoms with Gasteiger partial charge in [0.25, 0.3) is 0 Å². The van der Waals surface area contributed by atoms with Crippen molar-refractivity contribution in [3.05, 3.63) is 107 Å². The lowest BCUT2D eigenvalue weighted by Gasteiger charge is -2.39. The van der Waals surface area contributed by atoms with E-state index in [1.54, 1.807) is 0 Å². The van der Waals surface area contributed by atoms with Crippen molar-refractivity contribution in [3.8, 4) is 0 Å². The second-order valence-electron chi connectivity index (χ2n) is 8.71. The average molecular weight is 483 g/mol. The Kier molecular flexibility index (Phi) is 8.26. The molecule has 1 saturated carbocycles. The van der Waals surface area contributed by atoms with Crippen molar-refractivity contribution in [2.75, 3.05) is 0 Å². The maximum Gasteiger partial charge on any atom is 0.134 e. The zero-order chi connectivity index (χ0) is 23.1. The van der Waals surface area contributed by atoms with Crippen LogP contribution in [0.1, 0.15) is 54.0 Å². The van der Waals surface area contributed by atoms with Crippen LogP contribution in [0, 0.1) is 11.6 Å². The lowest BCUT2D eigenvalue weighted by molar-refractivity contribution is -0.121. The Bertz CT molecular complexity index is 1040. The van der Waals surface area contributed by atoms with Crippen LogP contribution >= 0.6 is 23.5 Å². The van der Waals surface area contributed by atoms with Gasteiger partial charge in [-0.1, -0.05) is 54.6 Å². The summed E-state index contributed by atoms with van der Waals surface area (Å²) < 4.78 is 26.5. The molecular formula is C28H28F2OS2. The molecule has 0 unspecified atom stereocenters. The van der Waals surface area contributed by atoms with Crippen molar-refractivity contribution in [1.82, 2.24) is 0 Å². The summed E-state index contributed by atoms with van der Waals surface area (Å²) in [7, 11) is 0. The highest BCUT2D eigenvalue weighted by Gasteiger charge is 2.38. The number of thioether (sulfide) groups is 2. The van der Waals surface area contributed by atoms with Crippen molar-refractivity contribution in [3.63, 3.8) is 0 Å². The van der Waals surface area contributed by atoms with Crippen LogP contribution in [0.2, 0.25) is 0 Å². The minimum atomic E-state index is -0.229. The first-order valence-corrected chi connectivity index (χ1v) is 13.4. The van der Waals surface area contributed by atoms with Crippen LogP contribution in [0.3, 0.4) is 0 Å². The summed E-state index contributed by atoms with van der Waals surface area (Å²) in [5.41, 5.74) is 3.42. The molecule has 5 heteroatoms. The lowest BCUT2D eigenvalue weighted by Crippen LogP contribution is -2.34. The molecule has 0 saturated heterocycles. The topological polar surface area (TPSA) is 17.1 Å². The van der Waals surface area contributed by atoms with Gasteiger partial charge in [-0.25, -0.2) is 8.78 Å². The Labute approximate surface area is 203 Å². The highest BCUT2D eigenvalue weighted by Crippen LogP contribution is 2.49. The molecule has 33 heavy (non-hydrogen) atoms. The fourth-order valence-corrected chi connectivity index (χ4v) is 7.35. The highest BCUT2D eigenvalue weighted by atomic mass is 32.2. The van der Waals surface area contributed by atoms with Gasteiger partial charge in [0, 0.05) is 34.3 Å². The minimum absolute atomic E-state index is 0.139. The van der Waals surface area contributed by atoms with Gasteiger partial charge in [-0.05, 0) is 60.2 Å². The zero-order valence-electron chi connectivity index (χ0n) is 18.5. The van der Waals surface area contributed by atoms with Gasteiger partial charge in [-0.3, -0.25) is 4.79 Å². The first kappa shape index (κ1) is 24.0. The third kappa shape index (κ3) is 6.94. The average Bonchev–Trinajstić information content (AvgIpc) is 2.83. The van der Waals surface area contributed by atoms with E-state index in [0.717, 1.165) is 41.9 Å². The standard InChI is InChI=1S/C28H28F2OS2/c29-24-12-8-21(9-13-24)19-32-27(23-5-2-1-3-6-23)18-28(16-4-7-26(31)17-28)33-20-22-10-14-25(30)15-11-22/h1-3,5-6,8-15,27H,4,7,16-20H2/t27-,28+/m1/s1. The fraction of sp³-hybridized carbons (Fsp3) is 0.321. The van der Waals surface area contributed by atoms with Crippen molar-refractivity contribution in [2.24, 2.45) is 0 Å². The zero-order valence-corrected chi connectivity index (χ0v) is 20.1.